The summed E-state index contributed by atoms with van der Waals surface area (Å²) in [5, 5.41) is 10.5. The van der Waals surface area contributed by atoms with Gasteiger partial charge in [-0.1, -0.05) is 0 Å². The number of alkyl halides is 3. The molecule has 2 N–H and O–H groups in total. The molecule has 0 saturated carbocycles. The Kier molecular flexibility index (Phi) is 5.57. The first-order chi connectivity index (χ1) is 10.6. The van der Waals surface area contributed by atoms with Gasteiger partial charge in [0.05, 0.1) is 11.5 Å². The van der Waals surface area contributed by atoms with Crippen LogP contribution >= 0.6 is 0 Å². The van der Waals surface area contributed by atoms with E-state index in [0.29, 0.717) is 12.1 Å². The van der Waals surface area contributed by atoms with Gasteiger partial charge in [-0.25, -0.2) is 4.79 Å². The van der Waals surface area contributed by atoms with Crippen molar-refractivity contribution in [3.05, 3.63) is 39.7 Å². The van der Waals surface area contributed by atoms with Crippen LogP contribution in [0.1, 0.15) is 10.4 Å². The number of rotatable bonds is 4. The van der Waals surface area contributed by atoms with Crippen LogP contribution in [0.2, 0.25) is 0 Å². The lowest BCUT2D eigenvalue weighted by Gasteiger charge is -2.21. The summed E-state index contributed by atoms with van der Waals surface area (Å²) in [6, 6.07) is 1.88. The molecule has 1 rings (SSSR count). The lowest BCUT2D eigenvalue weighted by molar-refractivity contribution is -0.387. The second-order valence-electron chi connectivity index (χ2n) is 4.00. The molecule has 1 amide bonds. The molecule has 0 spiro atoms. The third-order valence-corrected chi connectivity index (χ3v) is 2.37. The van der Waals surface area contributed by atoms with Crippen molar-refractivity contribution in [2.45, 2.75) is 6.18 Å². The minimum absolute atomic E-state index is 0.00354. The van der Waals surface area contributed by atoms with E-state index in [1.54, 1.807) is 0 Å². The number of halogens is 4. The third-order valence-electron chi connectivity index (χ3n) is 2.37. The van der Waals surface area contributed by atoms with Crippen molar-refractivity contribution >= 4 is 17.6 Å². The van der Waals surface area contributed by atoms with Gasteiger partial charge in [0.15, 0.2) is 0 Å². The van der Waals surface area contributed by atoms with Gasteiger partial charge in [0.25, 0.3) is 5.91 Å². The van der Waals surface area contributed by atoms with Gasteiger partial charge in [0, 0.05) is 18.2 Å². The van der Waals surface area contributed by atoms with Gasteiger partial charge in [-0.05, 0) is 12.1 Å². The van der Waals surface area contributed by atoms with Gasteiger partial charge >= 0.3 is 17.8 Å². The van der Waals surface area contributed by atoms with Gasteiger partial charge < -0.3 is 10.6 Å². The molecule has 0 aliphatic heterocycles. The van der Waals surface area contributed by atoms with Crippen molar-refractivity contribution in [3.63, 3.8) is 0 Å². The standard InChI is InChI=1S/C11H9F4N3O5/c12-7-5-6(1-2-8(7)18(21)22)9(19)17(4-3-16)23-10(20)11(13,14)15/h1-2,5H,3-4,16H2. The zero-order chi connectivity index (χ0) is 17.8. The van der Waals surface area contributed by atoms with Gasteiger partial charge in [-0.3, -0.25) is 14.9 Å². The summed E-state index contributed by atoms with van der Waals surface area (Å²) in [4.78, 5) is 35.9. The Morgan fingerprint density at radius 3 is 2.39 bits per heavy atom. The maximum Gasteiger partial charge on any atom is 0.493 e. The number of hydroxylamine groups is 2. The van der Waals surface area contributed by atoms with E-state index in [4.69, 9.17) is 5.73 Å². The number of nitrogens with two attached hydrogens (primary N) is 1. The average Bonchev–Trinajstić information content (AvgIpc) is 2.44. The van der Waals surface area contributed by atoms with E-state index in [0.717, 1.165) is 6.07 Å². The van der Waals surface area contributed by atoms with Crippen molar-refractivity contribution in [3.8, 4) is 0 Å². The van der Waals surface area contributed by atoms with Crippen LogP contribution in [0.15, 0.2) is 18.2 Å². The number of carbonyl (C=O) groups is 2. The molecule has 0 heterocycles. The second-order valence-corrected chi connectivity index (χ2v) is 4.00. The Labute approximate surface area is 125 Å². The molecule has 0 fully saturated rings. The summed E-state index contributed by atoms with van der Waals surface area (Å²) in [6.07, 6.45) is -5.35. The molecule has 0 radical (unpaired) electrons. The summed E-state index contributed by atoms with van der Waals surface area (Å²) in [5.74, 6) is -5.36. The first-order valence-corrected chi connectivity index (χ1v) is 5.83. The predicted molar refractivity (Wildman–Crippen MR) is 65.3 cm³/mol. The maximum atomic E-state index is 13.4. The molecule has 0 saturated heterocycles. The number of hydrogen-bond acceptors (Lipinski definition) is 6. The highest BCUT2D eigenvalue weighted by atomic mass is 19.4. The molecule has 126 valence electrons. The zero-order valence-electron chi connectivity index (χ0n) is 11.2. The van der Waals surface area contributed by atoms with Crippen LogP contribution in [0.25, 0.3) is 0 Å². The Bertz CT molecular complexity index is 635. The molecule has 0 aromatic heterocycles. The highest BCUT2D eigenvalue weighted by molar-refractivity contribution is 5.94. The van der Waals surface area contributed by atoms with Gasteiger partial charge in [-0.2, -0.15) is 22.6 Å². The van der Waals surface area contributed by atoms with E-state index >= 15 is 0 Å². The van der Waals surface area contributed by atoms with Crippen LogP contribution < -0.4 is 5.73 Å². The Balaban J connectivity index is 3.04. The van der Waals surface area contributed by atoms with E-state index in [-0.39, 0.29) is 11.6 Å². The molecule has 0 atom stereocenters. The van der Waals surface area contributed by atoms with E-state index < -0.39 is 46.6 Å². The monoisotopic (exact) mass is 339 g/mol. The number of amides is 1. The van der Waals surface area contributed by atoms with E-state index in [1.165, 1.54) is 0 Å². The number of carbonyl (C=O) groups excluding carboxylic acids is 2. The molecular weight excluding hydrogens is 330 g/mol. The lowest BCUT2D eigenvalue weighted by Crippen LogP contribution is -2.41. The lowest BCUT2D eigenvalue weighted by atomic mass is 10.2. The summed E-state index contributed by atoms with van der Waals surface area (Å²) >= 11 is 0. The van der Waals surface area contributed by atoms with Crippen molar-refractivity contribution in [1.82, 2.24) is 5.06 Å². The van der Waals surface area contributed by atoms with Crippen molar-refractivity contribution in [1.29, 1.82) is 0 Å². The molecule has 0 aliphatic rings. The number of nitro benzene ring substituents is 1. The minimum atomic E-state index is -5.35. The normalized spacial score (nSPS) is 11.0. The van der Waals surface area contributed by atoms with Crippen molar-refractivity contribution in [2.75, 3.05) is 13.1 Å². The fourth-order valence-corrected chi connectivity index (χ4v) is 1.39. The summed E-state index contributed by atoms with van der Waals surface area (Å²) in [5.41, 5.74) is 3.60. The maximum absolute atomic E-state index is 13.4. The number of benzene rings is 1. The van der Waals surface area contributed by atoms with Crippen LogP contribution in [-0.2, 0) is 9.63 Å². The minimum Gasteiger partial charge on any atom is -0.329 e. The van der Waals surface area contributed by atoms with Gasteiger partial charge in [0.1, 0.15) is 0 Å². The molecule has 1 aromatic rings. The van der Waals surface area contributed by atoms with Crippen LogP contribution in [0, 0.1) is 15.9 Å². The zero-order valence-corrected chi connectivity index (χ0v) is 11.2. The Morgan fingerprint density at radius 2 is 1.96 bits per heavy atom. The van der Waals surface area contributed by atoms with Crippen LogP contribution in [-0.4, -0.2) is 41.1 Å². The molecule has 0 unspecified atom stereocenters. The summed E-state index contributed by atoms with van der Waals surface area (Å²) < 4.78 is 49.9. The third kappa shape index (κ3) is 4.60. The van der Waals surface area contributed by atoms with E-state index in [1.807, 2.05) is 0 Å². The average molecular weight is 339 g/mol. The van der Waals surface area contributed by atoms with Crippen LogP contribution in [0.4, 0.5) is 23.2 Å². The predicted octanol–water partition coefficient (Wildman–Crippen LogP) is 1.16. The fraction of sp³-hybridized carbons (Fsp3) is 0.273. The number of hydrogen-bond donors (Lipinski definition) is 1. The fourth-order valence-electron chi connectivity index (χ4n) is 1.39. The smallest absolute Gasteiger partial charge is 0.329 e. The molecule has 0 bridgehead atoms. The highest BCUT2D eigenvalue weighted by Crippen LogP contribution is 2.21. The molecule has 8 nitrogen and oxygen atoms in total. The molecular formula is C11H9F4N3O5. The summed E-state index contributed by atoms with van der Waals surface area (Å²) in [6.45, 7) is -0.953. The number of nitro groups is 1. The highest BCUT2D eigenvalue weighted by Gasteiger charge is 2.43. The first-order valence-electron chi connectivity index (χ1n) is 5.83. The quantitative estimate of drug-likeness (QED) is 0.500. The van der Waals surface area contributed by atoms with E-state index in [2.05, 4.69) is 4.84 Å². The van der Waals surface area contributed by atoms with Gasteiger partial charge in [-0.15, -0.1) is 0 Å². The first kappa shape index (κ1) is 18.3. The number of nitrogens with zero attached hydrogens (tertiary/aromatic N) is 2. The van der Waals surface area contributed by atoms with Crippen LogP contribution in [0.5, 0.6) is 0 Å². The van der Waals surface area contributed by atoms with E-state index in [9.17, 15) is 37.3 Å². The SMILES string of the molecule is NCCN(OC(=O)C(F)(F)F)C(=O)c1ccc([N+](=O)[O-])c(F)c1. The van der Waals surface area contributed by atoms with Crippen LogP contribution in [0.3, 0.4) is 0 Å². The van der Waals surface area contributed by atoms with Crippen molar-refractivity contribution < 1.29 is 36.9 Å². The molecule has 23 heavy (non-hydrogen) atoms. The second kappa shape index (κ2) is 7.00. The topological polar surface area (TPSA) is 116 Å². The largest absolute Gasteiger partial charge is 0.493 e. The molecule has 0 aliphatic carbocycles. The summed E-state index contributed by atoms with van der Waals surface area (Å²) in [7, 11) is 0. The molecule has 1 aromatic carbocycles. The molecule has 12 heteroatoms. The Hall–Kier alpha value is -2.76. The van der Waals surface area contributed by atoms with Crippen molar-refractivity contribution in [2.24, 2.45) is 5.73 Å². The Morgan fingerprint density at radius 1 is 1.35 bits per heavy atom. The van der Waals surface area contributed by atoms with Gasteiger partial charge in [0.2, 0.25) is 5.82 Å².